The van der Waals surface area contributed by atoms with Crippen LogP contribution >= 0.6 is 11.8 Å². The Morgan fingerprint density at radius 1 is 1.31 bits per heavy atom. The summed E-state index contributed by atoms with van der Waals surface area (Å²) in [7, 11) is 0. The average Bonchev–Trinajstić information content (AvgIpc) is 2.60. The highest BCUT2D eigenvalue weighted by Gasteiger charge is 2.31. The molecular weight excluding hydrogens is 216 g/mol. The summed E-state index contributed by atoms with van der Waals surface area (Å²) in [6, 6.07) is 1.18. The number of nitrogens with zero attached hydrogens (tertiary/aromatic N) is 1. The van der Waals surface area contributed by atoms with Gasteiger partial charge in [0.2, 0.25) is 0 Å². The molecule has 2 aliphatic rings. The average molecular weight is 240 g/mol. The summed E-state index contributed by atoms with van der Waals surface area (Å²) in [4.78, 5) is 4.93. The van der Waals surface area contributed by atoms with E-state index in [0.29, 0.717) is 12.1 Å². The van der Waals surface area contributed by atoms with Gasteiger partial charge in [0.25, 0.3) is 0 Å². The number of hydrogen-bond donors (Lipinski definition) is 1. The van der Waals surface area contributed by atoms with E-state index in [1.54, 1.807) is 0 Å². The molecule has 0 aromatic carbocycles. The standard InChI is InChI=1S/C13H24N2S/c1-4-11-5-6-12(10(11)3)15-13-14-9(2)7-8-16-13/h9-12H,4-8H2,1-3H3,(H,14,15). The molecule has 1 saturated carbocycles. The molecule has 4 atom stereocenters. The number of nitrogens with one attached hydrogen (secondary N) is 1. The molecule has 1 aliphatic heterocycles. The Bertz CT molecular complexity index is 265. The van der Waals surface area contributed by atoms with Crippen LogP contribution in [0.3, 0.4) is 0 Å². The van der Waals surface area contributed by atoms with Gasteiger partial charge in [-0.1, -0.05) is 32.0 Å². The van der Waals surface area contributed by atoms with Crippen molar-refractivity contribution in [1.82, 2.24) is 5.32 Å². The number of hydrogen-bond acceptors (Lipinski definition) is 2. The third kappa shape index (κ3) is 2.73. The van der Waals surface area contributed by atoms with Gasteiger partial charge in [0, 0.05) is 11.8 Å². The first-order valence-corrected chi connectivity index (χ1v) is 7.66. The van der Waals surface area contributed by atoms with Gasteiger partial charge < -0.3 is 5.32 Å². The molecule has 2 fully saturated rings. The van der Waals surface area contributed by atoms with Gasteiger partial charge in [-0.2, -0.15) is 0 Å². The molecule has 1 saturated heterocycles. The van der Waals surface area contributed by atoms with Crippen LogP contribution < -0.4 is 5.32 Å². The van der Waals surface area contributed by atoms with Crippen molar-refractivity contribution in [1.29, 1.82) is 0 Å². The molecule has 0 amide bonds. The minimum atomic E-state index is 0.574. The van der Waals surface area contributed by atoms with Gasteiger partial charge in [-0.3, -0.25) is 4.99 Å². The minimum Gasteiger partial charge on any atom is -0.362 e. The second-order valence-corrected chi connectivity index (χ2v) is 6.37. The second-order valence-electron chi connectivity index (χ2n) is 5.29. The molecule has 1 heterocycles. The van der Waals surface area contributed by atoms with Gasteiger partial charge in [0.05, 0.1) is 6.04 Å². The first-order valence-electron chi connectivity index (χ1n) is 6.67. The van der Waals surface area contributed by atoms with Crippen LogP contribution in [0.1, 0.15) is 46.5 Å². The highest BCUT2D eigenvalue weighted by Crippen LogP contribution is 2.36. The van der Waals surface area contributed by atoms with Crippen molar-refractivity contribution in [2.45, 2.75) is 58.5 Å². The van der Waals surface area contributed by atoms with Gasteiger partial charge >= 0.3 is 0 Å². The zero-order valence-corrected chi connectivity index (χ0v) is 11.5. The minimum absolute atomic E-state index is 0.574. The van der Waals surface area contributed by atoms with E-state index >= 15 is 0 Å². The summed E-state index contributed by atoms with van der Waals surface area (Å²) < 4.78 is 0. The maximum Gasteiger partial charge on any atom is 0.157 e. The Balaban J connectivity index is 1.96. The van der Waals surface area contributed by atoms with E-state index in [4.69, 9.17) is 4.99 Å². The van der Waals surface area contributed by atoms with Gasteiger partial charge in [0.1, 0.15) is 0 Å². The molecule has 92 valence electrons. The summed E-state index contributed by atoms with van der Waals surface area (Å²) in [6.45, 7) is 6.95. The normalized spacial score (nSPS) is 42.3. The van der Waals surface area contributed by atoms with Crippen molar-refractivity contribution >= 4 is 16.9 Å². The van der Waals surface area contributed by atoms with Crippen LogP contribution in [-0.2, 0) is 0 Å². The Labute approximate surface area is 104 Å². The lowest BCUT2D eigenvalue weighted by molar-refractivity contribution is 0.383. The molecule has 0 aromatic rings. The highest BCUT2D eigenvalue weighted by atomic mass is 32.2. The highest BCUT2D eigenvalue weighted by molar-refractivity contribution is 8.13. The van der Waals surface area contributed by atoms with Crippen molar-refractivity contribution < 1.29 is 0 Å². The van der Waals surface area contributed by atoms with Crippen molar-refractivity contribution in [3.63, 3.8) is 0 Å². The smallest absolute Gasteiger partial charge is 0.157 e. The lowest BCUT2D eigenvalue weighted by Crippen LogP contribution is -2.36. The van der Waals surface area contributed by atoms with Crippen molar-refractivity contribution in [3.05, 3.63) is 0 Å². The van der Waals surface area contributed by atoms with Crippen LogP contribution in [0.25, 0.3) is 0 Å². The number of rotatable bonds is 2. The predicted octanol–water partition coefficient (Wildman–Crippen LogP) is 3.28. The Kier molecular flexibility index (Phi) is 4.17. The first-order chi connectivity index (χ1) is 7.70. The lowest BCUT2D eigenvalue weighted by atomic mass is 9.94. The first kappa shape index (κ1) is 12.3. The summed E-state index contributed by atoms with van der Waals surface area (Å²) in [5, 5.41) is 4.71. The lowest BCUT2D eigenvalue weighted by Gasteiger charge is -2.24. The molecule has 2 nitrogen and oxygen atoms in total. The number of amidine groups is 1. The van der Waals surface area contributed by atoms with Crippen molar-refractivity contribution in [2.75, 3.05) is 5.75 Å². The van der Waals surface area contributed by atoms with E-state index in [9.17, 15) is 0 Å². The molecule has 0 spiro atoms. The fraction of sp³-hybridized carbons (Fsp3) is 0.923. The zero-order chi connectivity index (χ0) is 11.5. The van der Waals surface area contributed by atoms with Gasteiger partial charge in [-0.25, -0.2) is 0 Å². The molecular formula is C13H24N2S. The maximum absolute atomic E-state index is 4.93. The fourth-order valence-electron chi connectivity index (χ4n) is 2.86. The van der Waals surface area contributed by atoms with Gasteiger partial charge in [-0.15, -0.1) is 0 Å². The van der Waals surface area contributed by atoms with E-state index in [1.165, 1.54) is 36.6 Å². The Morgan fingerprint density at radius 2 is 2.12 bits per heavy atom. The molecule has 0 bridgehead atoms. The predicted molar refractivity (Wildman–Crippen MR) is 73.1 cm³/mol. The molecule has 1 N–H and O–H groups in total. The maximum atomic E-state index is 4.93. The summed E-state index contributed by atoms with van der Waals surface area (Å²) in [6.07, 6.45) is 5.25. The van der Waals surface area contributed by atoms with Gasteiger partial charge in [-0.05, 0) is 38.0 Å². The largest absolute Gasteiger partial charge is 0.362 e. The number of thioether (sulfide) groups is 1. The van der Waals surface area contributed by atoms with Crippen LogP contribution in [0.5, 0.6) is 0 Å². The van der Waals surface area contributed by atoms with Crippen LogP contribution in [0, 0.1) is 11.8 Å². The van der Waals surface area contributed by atoms with Gasteiger partial charge in [0.15, 0.2) is 5.17 Å². The van der Waals surface area contributed by atoms with Crippen molar-refractivity contribution in [2.24, 2.45) is 16.8 Å². The Morgan fingerprint density at radius 3 is 2.75 bits per heavy atom. The second kappa shape index (κ2) is 5.44. The molecule has 4 unspecified atom stereocenters. The monoisotopic (exact) mass is 240 g/mol. The van der Waals surface area contributed by atoms with E-state index in [2.05, 4.69) is 26.1 Å². The summed E-state index contributed by atoms with van der Waals surface area (Å²) in [5.41, 5.74) is 0. The molecule has 1 aliphatic carbocycles. The molecule has 0 radical (unpaired) electrons. The molecule has 2 rings (SSSR count). The van der Waals surface area contributed by atoms with E-state index < -0.39 is 0 Å². The summed E-state index contributed by atoms with van der Waals surface area (Å²) >= 11 is 1.90. The van der Waals surface area contributed by atoms with Crippen LogP contribution in [-0.4, -0.2) is 23.0 Å². The topological polar surface area (TPSA) is 24.4 Å². The molecule has 0 aromatic heterocycles. The van der Waals surface area contributed by atoms with Crippen molar-refractivity contribution in [3.8, 4) is 0 Å². The Hall–Kier alpha value is -0.180. The van der Waals surface area contributed by atoms with E-state index in [0.717, 1.165) is 11.8 Å². The third-order valence-corrected chi connectivity index (χ3v) is 5.09. The fourth-order valence-corrected chi connectivity index (χ4v) is 4.02. The van der Waals surface area contributed by atoms with E-state index in [1.807, 2.05) is 11.8 Å². The molecule has 16 heavy (non-hydrogen) atoms. The quantitative estimate of drug-likeness (QED) is 0.801. The van der Waals surface area contributed by atoms with Crippen LogP contribution in [0.15, 0.2) is 4.99 Å². The SMILES string of the molecule is CCC1CCC(N=C2NC(C)CCS2)C1C. The molecule has 3 heteroatoms. The third-order valence-electron chi connectivity index (χ3n) is 4.15. The van der Waals surface area contributed by atoms with E-state index in [-0.39, 0.29) is 0 Å². The zero-order valence-electron chi connectivity index (χ0n) is 10.7. The van der Waals surface area contributed by atoms with Crippen LogP contribution in [0.2, 0.25) is 0 Å². The summed E-state index contributed by atoms with van der Waals surface area (Å²) in [5.74, 6) is 2.91. The number of aliphatic imine (C=N–C) groups is 1. The van der Waals surface area contributed by atoms with Crippen LogP contribution in [0.4, 0.5) is 0 Å².